The molecule has 4 aliphatic heterocycles. The molecular weight excluding hydrogens is 324 g/mol. The summed E-state index contributed by atoms with van der Waals surface area (Å²) in [6.07, 6.45) is -0.820. The number of Topliss-reactive ketones (excluding diaryl/α,β-unsaturated/α-hetero) is 1. The molecule has 0 radical (unpaired) electrons. The van der Waals surface area contributed by atoms with Crippen LogP contribution in [0.25, 0.3) is 0 Å². The summed E-state index contributed by atoms with van der Waals surface area (Å²) in [4.78, 5) is 17.6. The zero-order valence-corrected chi connectivity index (χ0v) is 15.3. The van der Waals surface area contributed by atoms with E-state index in [0.717, 1.165) is 25.7 Å². The lowest BCUT2D eigenvalue weighted by Gasteiger charge is -2.67. The smallest absolute Gasteiger partial charge is 0.150 e. The fourth-order valence-electron chi connectivity index (χ4n) is 5.67. The van der Waals surface area contributed by atoms with E-state index in [0.29, 0.717) is 32.0 Å². The molecule has 4 heterocycles. The highest BCUT2D eigenvalue weighted by molar-refractivity contribution is 5.93. The fourth-order valence-corrected chi connectivity index (χ4v) is 5.67. The molecule has 0 aromatic rings. The first-order valence-electron chi connectivity index (χ1n) is 9.52. The zero-order valence-electron chi connectivity index (χ0n) is 15.3. The van der Waals surface area contributed by atoms with Crippen molar-refractivity contribution < 1.29 is 25.2 Å². The average Bonchev–Trinajstić information content (AvgIpc) is 2.57. The summed E-state index contributed by atoms with van der Waals surface area (Å²) >= 11 is 0. The number of rotatable bonds is 8. The molecule has 7 nitrogen and oxygen atoms in total. The van der Waals surface area contributed by atoms with Crippen molar-refractivity contribution >= 4 is 5.78 Å². The number of nitrogens with zero attached hydrogens (tertiary/aromatic N) is 2. The summed E-state index contributed by atoms with van der Waals surface area (Å²) in [5.74, 6) is 0.389. The predicted octanol–water partition coefficient (Wildman–Crippen LogP) is -0.826. The van der Waals surface area contributed by atoms with E-state index in [1.165, 1.54) is 0 Å². The average molecular weight is 356 g/mol. The van der Waals surface area contributed by atoms with Gasteiger partial charge in [-0.15, -0.1) is 0 Å². The third-order valence-corrected chi connectivity index (χ3v) is 6.43. The first-order chi connectivity index (χ1) is 11.8. The van der Waals surface area contributed by atoms with Crippen LogP contribution in [0.4, 0.5) is 0 Å². The molecular formula is C18H32N2O5. The van der Waals surface area contributed by atoms with Gasteiger partial charge in [-0.1, -0.05) is 26.7 Å². The lowest BCUT2D eigenvalue weighted by molar-refractivity contribution is -0.232. The number of hydrogen-bond donors (Lipinski definition) is 4. The van der Waals surface area contributed by atoms with Crippen molar-refractivity contribution in [2.45, 2.75) is 64.0 Å². The van der Waals surface area contributed by atoms with Gasteiger partial charge < -0.3 is 20.4 Å². The van der Waals surface area contributed by atoms with Gasteiger partial charge in [-0.25, -0.2) is 0 Å². The van der Waals surface area contributed by atoms with Gasteiger partial charge in [-0.05, 0) is 12.8 Å². The molecule has 0 aliphatic carbocycles. The van der Waals surface area contributed by atoms with E-state index < -0.39 is 31.1 Å². The van der Waals surface area contributed by atoms with Gasteiger partial charge in [-0.2, -0.15) is 0 Å². The van der Waals surface area contributed by atoms with Crippen LogP contribution in [0.15, 0.2) is 0 Å². The van der Waals surface area contributed by atoms with Crippen LogP contribution in [0.3, 0.4) is 0 Å². The second-order valence-corrected chi connectivity index (χ2v) is 8.34. The first kappa shape index (κ1) is 19.2. The maximum atomic E-state index is 13.3. The quantitative estimate of drug-likeness (QED) is 0.450. The molecule has 4 N–H and O–H groups in total. The summed E-state index contributed by atoms with van der Waals surface area (Å²) in [5.41, 5.74) is -0.756. The molecule has 4 fully saturated rings. The van der Waals surface area contributed by atoms with Gasteiger partial charge in [0.15, 0.2) is 0 Å². The normalized spacial score (nSPS) is 43.3. The Morgan fingerprint density at radius 2 is 1.44 bits per heavy atom. The van der Waals surface area contributed by atoms with Gasteiger partial charge >= 0.3 is 0 Å². The van der Waals surface area contributed by atoms with Crippen LogP contribution in [0.5, 0.6) is 0 Å². The molecule has 4 bridgehead atoms. The van der Waals surface area contributed by atoms with Gasteiger partial charge in [0.2, 0.25) is 0 Å². The molecule has 0 aromatic heterocycles. The van der Waals surface area contributed by atoms with Crippen LogP contribution >= 0.6 is 0 Å². The van der Waals surface area contributed by atoms with E-state index in [1.54, 1.807) is 0 Å². The van der Waals surface area contributed by atoms with Crippen molar-refractivity contribution in [2.75, 3.05) is 32.8 Å². The molecule has 144 valence electrons. The molecule has 3 atom stereocenters. The number of ketones is 1. The van der Waals surface area contributed by atoms with Gasteiger partial charge in [0.05, 0.1) is 23.6 Å². The molecule has 0 spiro atoms. The Morgan fingerprint density at radius 1 is 1.00 bits per heavy atom. The van der Waals surface area contributed by atoms with Crippen LogP contribution in [-0.4, -0.2) is 93.3 Å². The maximum Gasteiger partial charge on any atom is 0.150 e. The van der Waals surface area contributed by atoms with E-state index in [9.17, 15) is 20.1 Å². The minimum atomic E-state index is -1.41. The number of piperidine rings is 2. The van der Waals surface area contributed by atoms with Gasteiger partial charge in [0, 0.05) is 26.2 Å². The minimum absolute atomic E-state index is 0.378. The van der Waals surface area contributed by atoms with Crippen molar-refractivity contribution in [1.29, 1.82) is 0 Å². The fraction of sp³-hybridized carbons (Fsp3) is 0.944. The highest BCUT2D eigenvalue weighted by atomic mass is 16.4. The number of hydrogen-bond acceptors (Lipinski definition) is 7. The van der Waals surface area contributed by atoms with Gasteiger partial charge in [-0.3, -0.25) is 14.6 Å². The van der Waals surface area contributed by atoms with E-state index in [2.05, 4.69) is 23.6 Å². The molecule has 4 aliphatic rings. The van der Waals surface area contributed by atoms with Crippen molar-refractivity contribution in [3.63, 3.8) is 0 Å². The summed E-state index contributed by atoms with van der Waals surface area (Å²) in [6, 6.07) is 0. The minimum Gasteiger partial charge on any atom is -0.394 e. The number of carbonyl (C=O) groups is 1. The lowest BCUT2D eigenvalue weighted by atomic mass is 9.57. The van der Waals surface area contributed by atoms with Crippen LogP contribution in [0.1, 0.15) is 39.5 Å². The number of aliphatic hydroxyl groups excluding tert-OH is 4. The van der Waals surface area contributed by atoms with Crippen LogP contribution in [0, 0.1) is 10.8 Å². The molecule has 0 amide bonds. The summed E-state index contributed by atoms with van der Waals surface area (Å²) < 4.78 is 0. The van der Waals surface area contributed by atoms with Crippen molar-refractivity contribution in [2.24, 2.45) is 10.8 Å². The largest absolute Gasteiger partial charge is 0.394 e. The summed E-state index contributed by atoms with van der Waals surface area (Å²) in [7, 11) is 0. The standard InChI is InChI=1S/C18H32N2O5/c1-3-5-17-8-19-10-18(6-4-2,16(17)25)11-20(9-17)15(19)14(24)13(23)12(22)7-21/h12-15,21-24H,3-11H2,1-2H3/t12-,13-,14-,15?,17?,18?/m1/s1. The number of aliphatic hydroxyl groups is 4. The van der Waals surface area contributed by atoms with E-state index >= 15 is 0 Å². The SMILES string of the molecule is CCCC12CN3CC(CCC)(CN(C1)C3[C@H](O)[C@H](O)[C@H](O)CO)C2=O. The second-order valence-electron chi connectivity index (χ2n) is 8.34. The monoisotopic (exact) mass is 356 g/mol. The van der Waals surface area contributed by atoms with Crippen LogP contribution in [0.2, 0.25) is 0 Å². The third kappa shape index (κ3) is 2.85. The first-order valence-corrected chi connectivity index (χ1v) is 9.52. The summed E-state index contributed by atoms with van der Waals surface area (Å²) in [5, 5.41) is 39.6. The number of carbonyl (C=O) groups excluding carboxylic acids is 1. The van der Waals surface area contributed by atoms with Gasteiger partial charge in [0.1, 0.15) is 24.1 Å². The third-order valence-electron chi connectivity index (χ3n) is 6.43. The molecule has 0 aromatic carbocycles. The zero-order chi connectivity index (χ0) is 18.4. The van der Waals surface area contributed by atoms with Gasteiger partial charge in [0.25, 0.3) is 0 Å². The van der Waals surface area contributed by atoms with Crippen molar-refractivity contribution in [1.82, 2.24) is 9.80 Å². The predicted molar refractivity (Wildman–Crippen MR) is 91.7 cm³/mol. The molecule has 4 rings (SSSR count). The highest BCUT2D eigenvalue weighted by Gasteiger charge is 2.65. The Morgan fingerprint density at radius 3 is 1.80 bits per heavy atom. The Balaban J connectivity index is 1.89. The molecule has 0 saturated carbocycles. The van der Waals surface area contributed by atoms with E-state index in [1.807, 2.05) is 0 Å². The maximum absolute atomic E-state index is 13.3. The Labute approximate surface area is 149 Å². The second kappa shape index (κ2) is 6.87. The lowest BCUT2D eigenvalue weighted by Crippen LogP contribution is -2.81. The Hall–Kier alpha value is -0.570. The van der Waals surface area contributed by atoms with E-state index in [-0.39, 0.29) is 10.8 Å². The topological polar surface area (TPSA) is 104 Å². The van der Waals surface area contributed by atoms with Crippen LogP contribution in [-0.2, 0) is 4.79 Å². The van der Waals surface area contributed by atoms with Crippen molar-refractivity contribution in [3.05, 3.63) is 0 Å². The highest BCUT2D eigenvalue weighted by Crippen LogP contribution is 2.52. The Bertz CT molecular complexity index is 470. The summed E-state index contributed by atoms with van der Waals surface area (Å²) in [6.45, 7) is 6.00. The Kier molecular flexibility index (Phi) is 5.27. The molecule has 25 heavy (non-hydrogen) atoms. The van der Waals surface area contributed by atoms with Crippen LogP contribution < -0.4 is 0 Å². The molecule has 7 heteroatoms. The van der Waals surface area contributed by atoms with E-state index in [4.69, 9.17) is 5.11 Å². The molecule has 4 saturated heterocycles. The molecule has 0 unspecified atom stereocenters. The van der Waals surface area contributed by atoms with Crippen molar-refractivity contribution in [3.8, 4) is 0 Å².